The van der Waals surface area contributed by atoms with E-state index in [2.05, 4.69) is 12.2 Å². The molecule has 1 aromatic heterocycles. The highest BCUT2D eigenvalue weighted by Gasteiger charge is 2.22. The van der Waals surface area contributed by atoms with E-state index >= 15 is 0 Å². The number of para-hydroxylation sites is 1. The number of thioether (sulfide) groups is 1. The van der Waals surface area contributed by atoms with Gasteiger partial charge in [0.15, 0.2) is 5.16 Å². The molecule has 0 aliphatic rings. The van der Waals surface area contributed by atoms with E-state index in [1.165, 1.54) is 16.3 Å². The number of rotatable bonds is 9. The van der Waals surface area contributed by atoms with Gasteiger partial charge in [-0.05, 0) is 43.2 Å². The monoisotopic (exact) mass is 477 g/mol. The lowest BCUT2D eigenvalue weighted by Gasteiger charge is -2.18. The van der Waals surface area contributed by atoms with Gasteiger partial charge in [0.2, 0.25) is 5.91 Å². The lowest BCUT2D eigenvalue weighted by atomic mass is 10.2. The Kier molecular flexibility index (Phi) is 8.41. The Morgan fingerprint density at radius 3 is 2.61 bits per heavy atom. The molecule has 8 heteroatoms. The Balaban J connectivity index is 2.02. The number of benzene rings is 2. The maximum atomic E-state index is 13.4. The molecule has 3 rings (SSSR count). The van der Waals surface area contributed by atoms with Crippen LogP contribution in [0.3, 0.4) is 0 Å². The zero-order valence-corrected chi connectivity index (χ0v) is 19.9. The van der Waals surface area contributed by atoms with Gasteiger partial charge in [-0.3, -0.25) is 14.2 Å². The molecule has 1 amide bonds. The van der Waals surface area contributed by atoms with Crippen molar-refractivity contribution in [3.63, 3.8) is 0 Å². The predicted molar refractivity (Wildman–Crippen MR) is 130 cm³/mol. The zero-order valence-electron chi connectivity index (χ0n) is 17.5. The van der Waals surface area contributed by atoms with E-state index in [1.54, 1.807) is 36.4 Å². The predicted octanol–water partition coefficient (Wildman–Crippen LogP) is 5.87. The molecule has 0 bridgehead atoms. The molecule has 0 saturated heterocycles. The van der Waals surface area contributed by atoms with E-state index in [4.69, 9.17) is 28.2 Å². The fraction of sp³-hybridized carbons (Fsp3) is 0.348. The number of nitrogens with zero attached hydrogens (tertiary/aromatic N) is 2. The summed E-state index contributed by atoms with van der Waals surface area (Å²) in [5, 5.41) is 4.31. The highest BCUT2D eigenvalue weighted by Crippen LogP contribution is 2.29. The van der Waals surface area contributed by atoms with Crippen molar-refractivity contribution in [2.75, 3.05) is 6.54 Å². The first-order valence-corrected chi connectivity index (χ1v) is 12.0. The average Bonchev–Trinajstić information content (AvgIpc) is 2.77. The molecule has 1 atom stereocenters. The summed E-state index contributed by atoms with van der Waals surface area (Å²) in [4.78, 5) is 30.8. The normalized spacial score (nSPS) is 12.1. The Morgan fingerprint density at radius 2 is 1.90 bits per heavy atom. The molecule has 5 nitrogen and oxygen atoms in total. The van der Waals surface area contributed by atoms with Crippen molar-refractivity contribution in [1.29, 1.82) is 0 Å². The van der Waals surface area contributed by atoms with Crippen molar-refractivity contribution in [2.24, 2.45) is 0 Å². The van der Waals surface area contributed by atoms with E-state index in [9.17, 15) is 9.59 Å². The zero-order chi connectivity index (χ0) is 22.4. The molecule has 0 radical (unpaired) electrons. The summed E-state index contributed by atoms with van der Waals surface area (Å²) < 4.78 is 1.50. The fourth-order valence-corrected chi connectivity index (χ4v) is 4.54. The minimum absolute atomic E-state index is 0.0494. The van der Waals surface area contributed by atoms with E-state index in [1.807, 2.05) is 13.0 Å². The van der Waals surface area contributed by atoms with Gasteiger partial charge in [0, 0.05) is 6.54 Å². The van der Waals surface area contributed by atoms with Crippen molar-refractivity contribution in [3.8, 4) is 5.69 Å². The number of unbranched alkanes of at least 4 members (excludes halogenated alkanes) is 2. The summed E-state index contributed by atoms with van der Waals surface area (Å²) >= 11 is 13.6. The summed E-state index contributed by atoms with van der Waals surface area (Å²) in [7, 11) is 0. The first kappa shape index (κ1) is 23.6. The Hall–Kier alpha value is -2.02. The maximum absolute atomic E-state index is 13.4. The first-order chi connectivity index (χ1) is 15.0. The molecular weight excluding hydrogens is 453 g/mol. The quantitative estimate of drug-likeness (QED) is 0.237. The molecule has 31 heavy (non-hydrogen) atoms. The van der Waals surface area contributed by atoms with E-state index in [-0.39, 0.29) is 16.7 Å². The van der Waals surface area contributed by atoms with Crippen molar-refractivity contribution in [1.82, 2.24) is 14.9 Å². The molecule has 0 saturated carbocycles. The van der Waals surface area contributed by atoms with Crippen LogP contribution in [0.1, 0.15) is 39.5 Å². The number of aromatic nitrogens is 2. The molecule has 164 valence electrons. The molecule has 0 aliphatic carbocycles. The van der Waals surface area contributed by atoms with Crippen LogP contribution in [0, 0.1) is 0 Å². The minimum atomic E-state index is -0.372. The van der Waals surface area contributed by atoms with Gasteiger partial charge in [-0.1, -0.05) is 73.8 Å². The number of carbonyl (C=O) groups excluding carboxylic acids is 1. The van der Waals surface area contributed by atoms with E-state index < -0.39 is 0 Å². The third-order valence-corrected chi connectivity index (χ3v) is 6.95. The number of halogens is 2. The summed E-state index contributed by atoms with van der Waals surface area (Å²) in [5.74, 6) is -0.0494. The van der Waals surface area contributed by atoms with Gasteiger partial charge in [-0.2, -0.15) is 0 Å². The highest BCUT2D eigenvalue weighted by molar-refractivity contribution is 8.00. The first-order valence-electron chi connectivity index (χ1n) is 10.4. The van der Waals surface area contributed by atoms with Crippen LogP contribution < -0.4 is 10.9 Å². The number of nitrogens with one attached hydrogen (secondary N) is 1. The molecule has 0 fully saturated rings. The molecule has 1 N–H and O–H groups in total. The van der Waals surface area contributed by atoms with Crippen LogP contribution in [0.2, 0.25) is 10.0 Å². The summed E-state index contributed by atoms with van der Waals surface area (Å²) in [6, 6.07) is 12.2. The third kappa shape index (κ3) is 5.62. The van der Waals surface area contributed by atoms with Gasteiger partial charge in [0.1, 0.15) is 0 Å². The van der Waals surface area contributed by atoms with Crippen LogP contribution in [-0.2, 0) is 4.79 Å². The van der Waals surface area contributed by atoms with Gasteiger partial charge in [-0.25, -0.2) is 4.98 Å². The maximum Gasteiger partial charge on any atom is 0.266 e. The smallest absolute Gasteiger partial charge is 0.266 e. The standard InChI is InChI=1S/C23H25Cl2N3O2S/c1-3-5-8-13-26-21(29)20(4-2)31-23-27-19-10-7-6-9-16(19)22(30)28(23)15-11-12-17(24)18(25)14-15/h6-7,9-12,14,20H,3-5,8,13H2,1-2H3,(H,26,29). The lowest BCUT2D eigenvalue weighted by Crippen LogP contribution is -2.34. The number of carbonyl (C=O) groups is 1. The van der Waals surface area contributed by atoms with Crippen molar-refractivity contribution in [2.45, 2.75) is 49.9 Å². The van der Waals surface area contributed by atoms with Crippen LogP contribution in [0.5, 0.6) is 0 Å². The van der Waals surface area contributed by atoms with Gasteiger partial charge in [0.25, 0.3) is 5.56 Å². The Morgan fingerprint density at radius 1 is 1.13 bits per heavy atom. The highest BCUT2D eigenvalue weighted by atomic mass is 35.5. The summed E-state index contributed by atoms with van der Waals surface area (Å²) in [6.45, 7) is 4.72. The van der Waals surface area contributed by atoms with E-state index in [0.717, 1.165) is 19.3 Å². The van der Waals surface area contributed by atoms with Crippen LogP contribution in [0.15, 0.2) is 52.4 Å². The number of amides is 1. The largest absolute Gasteiger partial charge is 0.355 e. The summed E-state index contributed by atoms with van der Waals surface area (Å²) in [6.07, 6.45) is 3.73. The van der Waals surface area contributed by atoms with Crippen LogP contribution >= 0.6 is 35.0 Å². The van der Waals surface area contributed by atoms with Crippen LogP contribution in [0.25, 0.3) is 16.6 Å². The third-order valence-electron chi connectivity index (χ3n) is 4.90. The lowest BCUT2D eigenvalue weighted by molar-refractivity contribution is -0.120. The minimum Gasteiger partial charge on any atom is -0.355 e. The SMILES string of the molecule is CCCCCNC(=O)C(CC)Sc1nc2ccccc2c(=O)n1-c1ccc(Cl)c(Cl)c1. The summed E-state index contributed by atoms with van der Waals surface area (Å²) in [5.41, 5.74) is 0.924. The second kappa shape index (κ2) is 11.0. The van der Waals surface area contributed by atoms with Gasteiger partial charge >= 0.3 is 0 Å². The van der Waals surface area contributed by atoms with Crippen molar-refractivity contribution < 1.29 is 4.79 Å². The number of hydrogen-bond acceptors (Lipinski definition) is 4. The van der Waals surface area contributed by atoms with Gasteiger partial charge in [0.05, 0.1) is 31.9 Å². The second-order valence-electron chi connectivity index (χ2n) is 7.16. The number of fused-ring (bicyclic) bond motifs is 1. The van der Waals surface area contributed by atoms with Crippen molar-refractivity contribution in [3.05, 3.63) is 62.9 Å². The molecule has 3 aromatic rings. The molecule has 0 spiro atoms. The Bertz CT molecular complexity index is 1130. The molecule has 0 aliphatic heterocycles. The Labute approximate surface area is 196 Å². The number of hydrogen-bond donors (Lipinski definition) is 1. The second-order valence-corrected chi connectivity index (χ2v) is 9.15. The molecule has 2 aromatic carbocycles. The molecular formula is C23H25Cl2N3O2S. The van der Waals surface area contributed by atoms with E-state index in [0.29, 0.717) is 44.8 Å². The average molecular weight is 478 g/mol. The molecule has 1 heterocycles. The fourth-order valence-electron chi connectivity index (χ4n) is 3.19. The van der Waals surface area contributed by atoms with Crippen molar-refractivity contribution >= 4 is 51.8 Å². The molecule has 1 unspecified atom stereocenters. The topological polar surface area (TPSA) is 64.0 Å². The van der Waals surface area contributed by atoms with Crippen LogP contribution in [-0.4, -0.2) is 27.3 Å². The van der Waals surface area contributed by atoms with Gasteiger partial charge < -0.3 is 5.32 Å². The van der Waals surface area contributed by atoms with Gasteiger partial charge in [-0.15, -0.1) is 0 Å². The van der Waals surface area contributed by atoms with Crippen LogP contribution in [0.4, 0.5) is 0 Å².